The zero-order valence-corrected chi connectivity index (χ0v) is 14.9. The molecule has 1 aliphatic carbocycles. The molecule has 1 aromatic heterocycles. The summed E-state index contributed by atoms with van der Waals surface area (Å²) in [4.78, 5) is 37.2. The summed E-state index contributed by atoms with van der Waals surface area (Å²) >= 11 is 1.39. The van der Waals surface area contributed by atoms with E-state index in [2.05, 4.69) is 10.6 Å². The van der Waals surface area contributed by atoms with Crippen molar-refractivity contribution in [3.63, 3.8) is 0 Å². The lowest BCUT2D eigenvalue weighted by molar-refractivity contribution is 0.0966. The summed E-state index contributed by atoms with van der Waals surface area (Å²) in [6, 6.07) is 4.74. The number of benzene rings is 1. The maximum atomic E-state index is 12.7. The Kier molecular flexibility index (Phi) is 4.59. The number of nitrogens with two attached hydrogens (primary N) is 1. The Balaban J connectivity index is 1.95. The minimum atomic E-state index is -0.908. The molecule has 1 heterocycles. The lowest BCUT2D eigenvalue weighted by Gasteiger charge is -2.10. The number of carbonyl (C=O) groups excluding carboxylic acids is 3. The first-order chi connectivity index (χ1) is 11.9. The van der Waals surface area contributed by atoms with Gasteiger partial charge in [0.25, 0.3) is 11.8 Å². The van der Waals surface area contributed by atoms with E-state index in [0.29, 0.717) is 16.1 Å². The Bertz CT molecular complexity index is 886. The maximum absolute atomic E-state index is 12.7. The summed E-state index contributed by atoms with van der Waals surface area (Å²) < 4.78 is 0. The van der Waals surface area contributed by atoms with Gasteiger partial charge in [-0.15, -0.1) is 11.3 Å². The van der Waals surface area contributed by atoms with E-state index in [0.717, 1.165) is 40.8 Å². The number of nitrogens with one attached hydrogen (secondary N) is 2. The number of thiophene rings is 1. The summed E-state index contributed by atoms with van der Waals surface area (Å²) in [5.74, 6) is -0.836. The third-order valence-electron chi connectivity index (χ3n) is 4.25. The van der Waals surface area contributed by atoms with Gasteiger partial charge in [0.15, 0.2) is 0 Å². The number of hydrogen-bond acceptors (Lipinski definition) is 4. The number of fused-ring (bicyclic) bond motifs is 1. The SMILES string of the molecule is Cc1ccc(C)c(C(=O)Nc2sc3c(c2C(=O)NC(N)=O)CCC3)c1. The van der Waals surface area contributed by atoms with Crippen LogP contribution in [0.15, 0.2) is 18.2 Å². The van der Waals surface area contributed by atoms with E-state index in [-0.39, 0.29) is 5.91 Å². The Morgan fingerprint density at radius 2 is 1.88 bits per heavy atom. The molecule has 1 aliphatic rings. The second-order valence-corrected chi connectivity index (χ2v) is 7.26. The van der Waals surface area contributed by atoms with Gasteiger partial charge in [0.2, 0.25) is 0 Å². The molecule has 0 spiro atoms. The summed E-state index contributed by atoms with van der Waals surface area (Å²) in [7, 11) is 0. The van der Waals surface area contributed by atoms with Gasteiger partial charge in [-0.1, -0.05) is 17.7 Å². The molecule has 6 nitrogen and oxygen atoms in total. The number of hydrogen-bond donors (Lipinski definition) is 3. The minimum absolute atomic E-state index is 0.269. The van der Waals surface area contributed by atoms with Crippen molar-refractivity contribution >= 4 is 34.2 Å². The molecule has 4 amide bonds. The van der Waals surface area contributed by atoms with Crippen molar-refractivity contribution in [3.05, 3.63) is 50.9 Å². The topological polar surface area (TPSA) is 101 Å². The van der Waals surface area contributed by atoms with Gasteiger partial charge in [0.05, 0.1) is 5.56 Å². The lowest BCUT2D eigenvalue weighted by atomic mass is 10.0. The van der Waals surface area contributed by atoms with Crippen LogP contribution in [0.5, 0.6) is 0 Å². The van der Waals surface area contributed by atoms with Crippen LogP contribution in [0.1, 0.15) is 48.7 Å². The summed E-state index contributed by atoms with van der Waals surface area (Å²) in [5.41, 5.74) is 8.73. The first kappa shape index (κ1) is 17.2. The van der Waals surface area contributed by atoms with Crippen molar-refractivity contribution in [1.82, 2.24) is 5.32 Å². The van der Waals surface area contributed by atoms with Crippen LogP contribution in [0, 0.1) is 13.8 Å². The van der Waals surface area contributed by atoms with Crippen LogP contribution in [0.25, 0.3) is 0 Å². The second-order valence-electron chi connectivity index (χ2n) is 6.15. The molecule has 0 unspecified atom stereocenters. The molecule has 2 aromatic rings. The Hall–Kier alpha value is -2.67. The molecule has 0 atom stereocenters. The van der Waals surface area contributed by atoms with Crippen molar-refractivity contribution < 1.29 is 14.4 Å². The largest absolute Gasteiger partial charge is 0.351 e. The average Bonchev–Trinajstić information content (AvgIpc) is 3.09. The van der Waals surface area contributed by atoms with Gasteiger partial charge in [0.1, 0.15) is 5.00 Å². The fraction of sp³-hybridized carbons (Fsp3) is 0.278. The normalized spacial score (nSPS) is 12.6. The standard InChI is InChI=1S/C18H19N3O3S/c1-9-6-7-10(2)12(8-9)15(22)20-17-14(16(23)21-18(19)24)11-4-3-5-13(11)25-17/h6-8H,3-5H2,1-2H3,(H,20,22)(H3,19,21,23,24). The number of aryl methyl sites for hydroxylation is 3. The lowest BCUT2D eigenvalue weighted by Crippen LogP contribution is -2.35. The van der Waals surface area contributed by atoms with Crippen molar-refractivity contribution in [2.45, 2.75) is 33.1 Å². The highest BCUT2D eigenvalue weighted by Crippen LogP contribution is 2.39. The summed E-state index contributed by atoms with van der Waals surface area (Å²) in [6.45, 7) is 3.78. The van der Waals surface area contributed by atoms with Gasteiger partial charge in [-0.25, -0.2) is 4.79 Å². The van der Waals surface area contributed by atoms with Crippen LogP contribution in [0.3, 0.4) is 0 Å². The van der Waals surface area contributed by atoms with Crippen molar-refractivity contribution in [2.75, 3.05) is 5.32 Å². The third-order valence-corrected chi connectivity index (χ3v) is 5.46. The molecule has 0 saturated carbocycles. The third kappa shape index (κ3) is 3.41. The molecule has 0 saturated heterocycles. The highest BCUT2D eigenvalue weighted by atomic mass is 32.1. The molecule has 25 heavy (non-hydrogen) atoms. The van der Waals surface area contributed by atoms with E-state index in [1.165, 1.54) is 11.3 Å². The van der Waals surface area contributed by atoms with Gasteiger partial charge in [-0.3, -0.25) is 14.9 Å². The fourth-order valence-corrected chi connectivity index (χ4v) is 4.34. The van der Waals surface area contributed by atoms with Gasteiger partial charge < -0.3 is 11.1 Å². The quantitative estimate of drug-likeness (QED) is 0.787. The zero-order valence-electron chi connectivity index (χ0n) is 14.1. The van der Waals surface area contributed by atoms with Crippen LogP contribution in [0.4, 0.5) is 9.80 Å². The van der Waals surface area contributed by atoms with E-state index < -0.39 is 11.9 Å². The van der Waals surface area contributed by atoms with Gasteiger partial charge in [-0.05, 0) is 50.3 Å². The predicted molar refractivity (Wildman–Crippen MR) is 97.3 cm³/mol. The smallest absolute Gasteiger partial charge is 0.319 e. The average molecular weight is 357 g/mol. The number of rotatable bonds is 3. The van der Waals surface area contributed by atoms with E-state index >= 15 is 0 Å². The number of urea groups is 1. The number of imide groups is 1. The molecule has 1 aromatic carbocycles. The van der Waals surface area contributed by atoms with Crippen molar-refractivity contribution in [1.29, 1.82) is 0 Å². The molecular formula is C18H19N3O3S. The highest BCUT2D eigenvalue weighted by Gasteiger charge is 2.28. The van der Waals surface area contributed by atoms with E-state index in [4.69, 9.17) is 5.73 Å². The Labute approximate surface area is 149 Å². The van der Waals surface area contributed by atoms with Crippen LogP contribution < -0.4 is 16.4 Å². The van der Waals surface area contributed by atoms with Crippen LogP contribution in [-0.2, 0) is 12.8 Å². The van der Waals surface area contributed by atoms with Crippen LogP contribution in [-0.4, -0.2) is 17.8 Å². The molecule has 3 rings (SSSR count). The fourth-order valence-electron chi connectivity index (χ4n) is 3.06. The van der Waals surface area contributed by atoms with E-state index in [1.807, 2.05) is 32.0 Å². The predicted octanol–water partition coefficient (Wildman–Crippen LogP) is 2.91. The van der Waals surface area contributed by atoms with Crippen molar-refractivity contribution in [3.8, 4) is 0 Å². The molecule has 0 bridgehead atoms. The summed E-state index contributed by atoms with van der Waals surface area (Å²) in [6.07, 6.45) is 2.59. The van der Waals surface area contributed by atoms with E-state index in [9.17, 15) is 14.4 Å². The van der Waals surface area contributed by atoms with Gasteiger partial charge >= 0.3 is 6.03 Å². The zero-order chi connectivity index (χ0) is 18.1. The molecule has 0 radical (unpaired) electrons. The molecule has 7 heteroatoms. The highest BCUT2D eigenvalue weighted by molar-refractivity contribution is 7.17. The number of carbonyl (C=O) groups is 3. The first-order valence-corrected chi connectivity index (χ1v) is 8.82. The van der Waals surface area contributed by atoms with Crippen molar-refractivity contribution in [2.24, 2.45) is 5.73 Å². The van der Waals surface area contributed by atoms with Crippen LogP contribution >= 0.6 is 11.3 Å². The molecular weight excluding hydrogens is 338 g/mol. The molecule has 4 N–H and O–H groups in total. The van der Waals surface area contributed by atoms with Gasteiger partial charge in [-0.2, -0.15) is 0 Å². The Morgan fingerprint density at radius 3 is 2.60 bits per heavy atom. The molecule has 0 aliphatic heterocycles. The minimum Gasteiger partial charge on any atom is -0.351 e. The number of anilines is 1. The second kappa shape index (κ2) is 6.68. The molecule has 0 fully saturated rings. The van der Waals surface area contributed by atoms with Gasteiger partial charge in [0, 0.05) is 10.4 Å². The maximum Gasteiger partial charge on any atom is 0.319 e. The number of amides is 4. The molecule has 130 valence electrons. The van der Waals surface area contributed by atoms with E-state index in [1.54, 1.807) is 0 Å². The van der Waals surface area contributed by atoms with Crippen LogP contribution in [0.2, 0.25) is 0 Å². The Morgan fingerprint density at radius 1 is 1.12 bits per heavy atom. The first-order valence-electron chi connectivity index (χ1n) is 8.00. The monoisotopic (exact) mass is 357 g/mol. The number of primary amides is 1. The summed E-state index contributed by atoms with van der Waals surface area (Å²) in [5, 5.41) is 5.42.